The lowest BCUT2D eigenvalue weighted by Crippen LogP contribution is -2.46. The number of rotatable bonds is 13. The van der Waals surface area contributed by atoms with Crippen molar-refractivity contribution in [3.05, 3.63) is 106 Å². The van der Waals surface area contributed by atoms with Gasteiger partial charge in [0.05, 0.1) is 18.7 Å². The molecule has 0 atom stereocenters. The molecule has 42 heavy (non-hydrogen) atoms. The standard InChI is InChI=1S/C34H37N3O4S/c38-34-14-12-28-11-13-29(23-32(28)37(34)25-40-26-39-24-27-7-2-1-3-8-27)41-21-5-4-16-35-17-19-36(20-18-35)31-9-6-10-33-30(31)15-22-42-33/h1-3,6-15,22-23H,4-5,16-21,24-26H2. The van der Waals surface area contributed by atoms with Crippen LogP contribution in [0.2, 0.25) is 0 Å². The third-order valence-electron chi connectivity index (χ3n) is 7.79. The summed E-state index contributed by atoms with van der Waals surface area (Å²) in [4.78, 5) is 17.7. The summed E-state index contributed by atoms with van der Waals surface area (Å²) < 4.78 is 20.4. The van der Waals surface area contributed by atoms with Crippen LogP contribution in [0.25, 0.3) is 21.0 Å². The average Bonchev–Trinajstić information content (AvgIpc) is 3.52. The van der Waals surface area contributed by atoms with Crippen LogP contribution >= 0.6 is 11.3 Å². The van der Waals surface area contributed by atoms with Crippen LogP contribution in [0, 0.1) is 0 Å². The maximum Gasteiger partial charge on any atom is 0.252 e. The van der Waals surface area contributed by atoms with Gasteiger partial charge in [-0.1, -0.05) is 36.4 Å². The van der Waals surface area contributed by atoms with Gasteiger partial charge >= 0.3 is 0 Å². The fraction of sp³-hybridized carbons (Fsp3) is 0.324. The molecule has 2 aromatic heterocycles. The van der Waals surface area contributed by atoms with Crippen molar-refractivity contribution >= 4 is 38.0 Å². The number of benzene rings is 3. The first-order valence-electron chi connectivity index (χ1n) is 14.6. The molecule has 1 aliphatic heterocycles. The van der Waals surface area contributed by atoms with E-state index in [1.807, 2.05) is 65.9 Å². The van der Waals surface area contributed by atoms with Crippen molar-refractivity contribution in [2.24, 2.45) is 0 Å². The lowest BCUT2D eigenvalue weighted by Gasteiger charge is -2.36. The van der Waals surface area contributed by atoms with Gasteiger partial charge in [-0.05, 0) is 72.1 Å². The molecule has 6 rings (SSSR count). The monoisotopic (exact) mass is 583 g/mol. The molecule has 0 aliphatic carbocycles. The molecule has 7 nitrogen and oxygen atoms in total. The molecular weight excluding hydrogens is 546 g/mol. The number of nitrogens with zero attached hydrogens (tertiary/aromatic N) is 3. The van der Waals surface area contributed by atoms with Gasteiger partial charge in [0, 0.05) is 54.1 Å². The van der Waals surface area contributed by atoms with E-state index < -0.39 is 0 Å². The Hall–Kier alpha value is -3.69. The first-order chi connectivity index (χ1) is 20.7. The van der Waals surface area contributed by atoms with Crippen molar-refractivity contribution in [3.8, 4) is 5.75 Å². The second-order valence-corrected chi connectivity index (χ2v) is 11.5. The summed E-state index contributed by atoms with van der Waals surface area (Å²) in [7, 11) is 0. The molecule has 0 amide bonds. The number of pyridine rings is 1. The molecule has 0 spiro atoms. The molecule has 5 aromatic rings. The van der Waals surface area contributed by atoms with Gasteiger partial charge in [-0.25, -0.2) is 0 Å². The first-order valence-corrected chi connectivity index (χ1v) is 15.5. The van der Waals surface area contributed by atoms with E-state index in [1.54, 1.807) is 10.6 Å². The zero-order chi connectivity index (χ0) is 28.6. The summed E-state index contributed by atoms with van der Waals surface area (Å²) >= 11 is 1.81. The minimum atomic E-state index is -0.116. The Bertz CT molecular complexity index is 1640. The molecule has 3 heterocycles. The topological polar surface area (TPSA) is 56.2 Å². The molecule has 1 fully saturated rings. The highest BCUT2D eigenvalue weighted by atomic mass is 32.1. The molecule has 0 bridgehead atoms. The summed E-state index contributed by atoms with van der Waals surface area (Å²) in [5.74, 6) is 0.762. The normalized spacial score (nSPS) is 14.1. The van der Waals surface area contributed by atoms with Crippen LogP contribution in [-0.2, 0) is 22.8 Å². The Morgan fingerprint density at radius 1 is 0.810 bits per heavy atom. The van der Waals surface area contributed by atoms with Crippen LogP contribution in [-0.4, -0.2) is 55.6 Å². The molecule has 0 unspecified atom stereocenters. The first kappa shape index (κ1) is 28.4. The molecule has 0 N–H and O–H groups in total. The number of ether oxygens (including phenoxy) is 3. The van der Waals surface area contributed by atoms with Crippen LogP contribution in [0.5, 0.6) is 5.75 Å². The third kappa shape index (κ3) is 7.02. The van der Waals surface area contributed by atoms with Gasteiger partial charge in [0.15, 0.2) is 0 Å². The molecule has 0 radical (unpaired) electrons. The number of fused-ring (bicyclic) bond motifs is 2. The van der Waals surface area contributed by atoms with E-state index in [-0.39, 0.29) is 19.1 Å². The van der Waals surface area contributed by atoms with E-state index in [1.165, 1.54) is 15.8 Å². The maximum atomic E-state index is 12.6. The fourth-order valence-electron chi connectivity index (χ4n) is 5.51. The van der Waals surface area contributed by atoms with Crippen LogP contribution in [0.1, 0.15) is 18.4 Å². The van der Waals surface area contributed by atoms with Crippen molar-refractivity contribution < 1.29 is 14.2 Å². The minimum absolute atomic E-state index is 0.105. The van der Waals surface area contributed by atoms with E-state index in [4.69, 9.17) is 14.2 Å². The van der Waals surface area contributed by atoms with Gasteiger partial charge in [0.1, 0.15) is 19.3 Å². The molecular formula is C34H37N3O4S. The molecule has 0 saturated carbocycles. The number of thiophene rings is 1. The summed E-state index contributed by atoms with van der Waals surface area (Å²) in [5, 5.41) is 4.52. The van der Waals surface area contributed by atoms with Gasteiger partial charge in [-0.3, -0.25) is 14.3 Å². The quantitative estimate of drug-likeness (QED) is 0.119. The Morgan fingerprint density at radius 2 is 1.67 bits per heavy atom. The van der Waals surface area contributed by atoms with Crippen LogP contribution < -0.4 is 15.2 Å². The molecule has 1 aliphatic rings. The number of hydrogen-bond acceptors (Lipinski definition) is 7. The van der Waals surface area contributed by atoms with Crippen molar-refractivity contribution in [1.29, 1.82) is 0 Å². The summed E-state index contributed by atoms with van der Waals surface area (Å²) in [5.41, 5.74) is 3.12. The lowest BCUT2D eigenvalue weighted by atomic mass is 10.2. The second kappa shape index (κ2) is 14.0. The van der Waals surface area contributed by atoms with Crippen LogP contribution in [0.3, 0.4) is 0 Å². The average molecular weight is 584 g/mol. The van der Waals surface area contributed by atoms with Gasteiger partial charge < -0.3 is 19.1 Å². The summed E-state index contributed by atoms with van der Waals surface area (Å²) in [6.45, 7) is 6.71. The molecule has 218 valence electrons. The predicted molar refractivity (Wildman–Crippen MR) is 171 cm³/mol. The van der Waals surface area contributed by atoms with Gasteiger partial charge in [-0.2, -0.15) is 0 Å². The summed E-state index contributed by atoms with van der Waals surface area (Å²) in [6, 6.07) is 28.1. The molecule has 1 saturated heterocycles. The van der Waals surface area contributed by atoms with Crippen molar-refractivity contribution in [2.75, 3.05) is 51.0 Å². The van der Waals surface area contributed by atoms with E-state index in [0.717, 1.165) is 67.8 Å². The smallest absolute Gasteiger partial charge is 0.252 e. The highest BCUT2D eigenvalue weighted by molar-refractivity contribution is 7.17. The molecule has 8 heteroatoms. The van der Waals surface area contributed by atoms with Gasteiger partial charge in [0.25, 0.3) is 5.56 Å². The largest absolute Gasteiger partial charge is 0.494 e. The van der Waals surface area contributed by atoms with E-state index in [9.17, 15) is 4.79 Å². The van der Waals surface area contributed by atoms with Gasteiger partial charge in [-0.15, -0.1) is 11.3 Å². The highest BCUT2D eigenvalue weighted by Crippen LogP contribution is 2.31. The van der Waals surface area contributed by atoms with Crippen LogP contribution in [0.4, 0.5) is 5.69 Å². The summed E-state index contributed by atoms with van der Waals surface area (Å²) in [6.07, 6.45) is 2.07. The number of hydrogen-bond donors (Lipinski definition) is 0. The SMILES string of the molecule is O=c1ccc2ccc(OCCCCN3CCN(c4cccc5sccc45)CC3)cc2n1COCOCc1ccccc1. The Morgan fingerprint density at radius 3 is 2.55 bits per heavy atom. The second-order valence-electron chi connectivity index (χ2n) is 10.6. The maximum absolute atomic E-state index is 12.6. The fourth-order valence-corrected chi connectivity index (χ4v) is 6.31. The third-order valence-corrected chi connectivity index (χ3v) is 8.67. The highest BCUT2D eigenvalue weighted by Gasteiger charge is 2.18. The van der Waals surface area contributed by atoms with Crippen molar-refractivity contribution in [3.63, 3.8) is 0 Å². The Balaban J connectivity index is 0.939. The Kier molecular flexibility index (Phi) is 9.47. The van der Waals surface area contributed by atoms with E-state index in [0.29, 0.717) is 13.2 Å². The number of piperazine rings is 1. The van der Waals surface area contributed by atoms with Crippen molar-refractivity contribution in [2.45, 2.75) is 26.2 Å². The van der Waals surface area contributed by atoms with Crippen molar-refractivity contribution in [1.82, 2.24) is 9.47 Å². The minimum Gasteiger partial charge on any atom is -0.494 e. The van der Waals surface area contributed by atoms with E-state index >= 15 is 0 Å². The van der Waals surface area contributed by atoms with E-state index in [2.05, 4.69) is 39.4 Å². The zero-order valence-corrected chi connectivity index (χ0v) is 24.6. The number of unbranched alkanes of at least 4 members (excludes halogenated alkanes) is 1. The Labute approximate surface area is 250 Å². The number of aromatic nitrogens is 1. The predicted octanol–water partition coefficient (Wildman–Crippen LogP) is 6.35. The lowest BCUT2D eigenvalue weighted by molar-refractivity contribution is -0.0852. The van der Waals surface area contributed by atoms with Gasteiger partial charge in [0.2, 0.25) is 0 Å². The number of anilines is 1. The van der Waals surface area contributed by atoms with Crippen LogP contribution in [0.15, 0.2) is 95.1 Å². The zero-order valence-electron chi connectivity index (χ0n) is 23.8. The molecule has 3 aromatic carbocycles.